The summed E-state index contributed by atoms with van der Waals surface area (Å²) in [5.74, 6) is -0.277. The Morgan fingerprint density at radius 2 is 2.00 bits per heavy atom. The summed E-state index contributed by atoms with van der Waals surface area (Å²) in [5.41, 5.74) is 0. The summed E-state index contributed by atoms with van der Waals surface area (Å²) >= 11 is 0. The molecular formula is C13H26BNO5. The average Bonchev–Trinajstić information content (AvgIpc) is 2.42. The Labute approximate surface area is 122 Å². The lowest BCUT2D eigenvalue weighted by molar-refractivity contribution is -0.148. The fraction of sp³-hybridized carbons (Fsp3) is 0.846. The minimum atomic E-state index is -0.373. The van der Waals surface area contributed by atoms with E-state index in [-0.39, 0.29) is 24.3 Å². The summed E-state index contributed by atoms with van der Waals surface area (Å²) in [6, 6.07) is 0. The van der Waals surface area contributed by atoms with Crippen LogP contribution in [0.2, 0.25) is 6.32 Å². The van der Waals surface area contributed by atoms with E-state index in [0.29, 0.717) is 39.3 Å². The molecule has 0 aliphatic rings. The Morgan fingerprint density at radius 1 is 1.30 bits per heavy atom. The van der Waals surface area contributed by atoms with E-state index in [9.17, 15) is 9.59 Å². The predicted molar refractivity (Wildman–Crippen MR) is 78.4 cm³/mol. The van der Waals surface area contributed by atoms with Gasteiger partial charge in [-0.25, -0.2) is 0 Å². The van der Waals surface area contributed by atoms with Gasteiger partial charge in [0, 0.05) is 13.7 Å². The van der Waals surface area contributed by atoms with Crippen LogP contribution in [0.1, 0.15) is 13.8 Å². The van der Waals surface area contributed by atoms with Crippen molar-refractivity contribution in [1.29, 1.82) is 0 Å². The number of carbonyl (C=O) groups excluding carboxylic acids is 2. The zero-order valence-corrected chi connectivity index (χ0v) is 13.0. The van der Waals surface area contributed by atoms with E-state index in [0.717, 1.165) is 0 Å². The third kappa shape index (κ3) is 8.93. The largest absolute Gasteiger partial charge is 0.465 e. The van der Waals surface area contributed by atoms with Crippen molar-refractivity contribution in [3.05, 3.63) is 0 Å². The molecule has 1 atom stereocenters. The second-order valence-electron chi connectivity index (χ2n) is 4.61. The van der Waals surface area contributed by atoms with Crippen LogP contribution >= 0.6 is 0 Å². The van der Waals surface area contributed by atoms with Gasteiger partial charge in [-0.15, -0.1) is 0 Å². The van der Waals surface area contributed by atoms with Crippen molar-refractivity contribution in [1.82, 2.24) is 4.90 Å². The number of esters is 1. The lowest BCUT2D eigenvalue weighted by Gasteiger charge is -2.24. The topological polar surface area (TPSA) is 65.1 Å². The molecule has 0 saturated carbocycles. The van der Waals surface area contributed by atoms with E-state index in [1.807, 2.05) is 6.92 Å². The molecule has 0 bridgehead atoms. The van der Waals surface area contributed by atoms with E-state index in [1.165, 1.54) is 4.90 Å². The zero-order chi connectivity index (χ0) is 15.4. The van der Waals surface area contributed by atoms with Gasteiger partial charge in [0.05, 0.1) is 26.4 Å². The van der Waals surface area contributed by atoms with Gasteiger partial charge in [-0.1, -0.05) is 6.92 Å². The van der Waals surface area contributed by atoms with Gasteiger partial charge in [0.15, 0.2) is 0 Å². The van der Waals surface area contributed by atoms with Crippen molar-refractivity contribution in [3.63, 3.8) is 0 Å². The van der Waals surface area contributed by atoms with Crippen molar-refractivity contribution in [3.8, 4) is 0 Å². The lowest BCUT2D eigenvalue weighted by Crippen LogP contribution is -2.40. The van der Waals surface area contributed by atoms with Gasteiger partial charge >= 0.3 is 5.97 Å². The van der Waals surface area contributed by atoms with Crippen LogP contribution < -0.4 is 0 Å². The Hall–Kier alpha value is -1.08. The molecule has 20 heavy (non-hydrogen) atoms. The molecule has 1 amide bonds. The minimum absolute atomic E-state index is 0.00290. The van der Waals surface area contributed by atoms with E-state index < -0.39 is 0 Å². The summed E-state index contributed by atoms with van der Waals surface area (Å²) in [5, 5.41) is 0. The summed E-state index contributed by atoms with van der Waals surface area (Å²) in [6.07, 6.45) is 0.372. The zero-order valence-electron chi connectivity index (χ0n) is 13.0. The van der Waals surface area contributed by atoms with Gasteiger partial charge in [0.25, 0.3) is 0 Å². The molecule has 0 rings (SSSR count). The molecule has 0 aromatic carbocycles. The summed E-state index contributed by atoms with van der Waals surface area (Å²) in [6.45, 7) is 6.14. The maximum Gasteiger partial charge on any atom is 0.325 e. The van der Waals surface area contributed by atoms with Crippen LogP contribution in [-0.4, -0.2) is 71.2 Å². The van der Waals surface area contributed by atoms with Crippen LogP contribution in [0.5, 0.6) is 0 Å². The average molecular weight is 287 g/mol. The first-order valence-corrected chi connectivity index (χ1v) is 7.05. The fourth-order valence-corrected chi connectivity index (χ4v) is 1.70. The fourth-order valence-electron chi connectivity index (χ4n) is 1.70. The number of hydrogen-bond acceptors (Lipinski definition) is 5. The van der Waals surface area contributed by atoms with Gasteiger partial charge in [0.1, 0.15) is 14.4 Å². The quantitative estimate of drug-likeness (QED) is 0.297. The summed E-state index contributed by atoms with van der Waals surface area (Å²) in [7, 11) is 3.40. The first-order chi connectivity index (χ1) is 9.54. The molecule has 0 saturated heterocycles. The Kier molecular flexibility index (Phi) is 11.1. The lowest BCUT2D eigenvalue weighted by atomic mass is 10.0. The van der Waals surface area contributed by atoms with E-state index in [2.05, 4.69) is 0 Å². The first kappa shape index (κ1) is 18.9. The Balaban J connectivity index is 4.20. The third-order valence-corrected chi connectivity index (χ3v) is 2.65. The van der Waals surface area contributed by atoms with E-state index in [1.54, 1.807) is 21.9 Å². The number of amides is 1. The van der Waals surface area contributed by atoms with Gasteiger partial charge in [0.2, 0.25) is 5.91 Å². The molecule has 7 heteroatoms. The minimum Gasteiger partial charge on any atom is -0.465 e. The standard InChI is InChI=1S/C13H26BNO5/c1-4-20-13(17)9-15(12(16)7-14)8-11(2)10-19-6-5-18-3/h11H,4-10,14H2,1-3H3/t11-/m1/s1. The van der Waals surface area contributed by atoms with Crippen LogP contribution in [0.25, 0.3) is 0 Å². The smallest absolute Gasteiger partial charge is 0.325 e. The Bertz CT molecular complexity index is 288. The highest BCUT2D eigenvalue weighted by Crippen LogP contribution is 2.04. The third-order valence-electron chi connectivity index (χ3n) is 2.65. The van der Waals surface area contributed by atoms with Crippen LogP contribution in [-0.2, 0) is 23.8 Å². The number of nitrogens with zero attached hydrogens (tertiary/aromatic N) is 1. The predicted octanol–water partition coefficient (Wildman–Crippen LogP) is -0.271. The number of methoxy groups -OCH3 is 1. The van der Waals surface area contributed by atoms with Crippen LogP contribution in [0.15, 0.2) is 0 Å². The van der Waals surface area contributed by atoms with Crippen LogP contribution in [0.3, 0.4) is 0 Å². The highest BCUT2D eigenvalue weighted by molar-refractivity contribution is 6.19. The number of hydrogen-bond donors (Lipinski definition) is 0. The molecule has 0 fully saturated rings. The second kappa shape index (κ2) is 11.7. The molecule has 0 N–H and O–H groups in total. The van der Waals surface area contributed by atoms with Crippen molar-refractivity contribution in [2.45, 2.75) is 20.2 Å². The van der Waals surface area contributed by atoms with Gasteiger partial charge in [-0.3, -0.25) is 9.59 Å². The van der Waals surface area contributed by atoms with Crippen molar-refractivity contribution in [2.75, 3.05) is 46.6 Å². The molecule has 6 nitrogen and oxygen atoms in total. The second-order valence-corrected chi connectivity index (χ2v) is 4.61. The van der Waals surface area contributed by atoms with Crippen molar-refractivity contribution >= 4 is 19.7 Å². The van der Waals surface area contributed by atoms with Crippen molar-refractivity contribution < 1.29 is 23.8 Å². The summed E-state index contributed by atoms with van der Waals surface area (Å²) < 4.78 is 15.2. The molecule has 0 heterocycles. The molecule has 116 valence electrons. The number of rotatable bonds is 11. The molecule has 0 aliphatic carbocycles. The molecule has 0 aromatic heterocycles. The molecule has 0 aromatic rings. The molecule has 0 unspecified atom stereocenters. The van der Waals surface area contributed by atoms with Crippen LogP contribution in [0.4, 0.5) is 0 Å². The number of ether oxygens (including phenoxy) is 3. The van der Waals surface area contributed by atoms with Gasteiger partial charge in [-0.2, -0.15) is 0 Å². The van der Waals surface area contributed by atoms with Gasteiger partial charge < -0.3 is 19.1 Å². The maximum atomic E-state index is 11.8. The van der Waals surface area contributed by atoms with Crippen LogP contribution in [0, 0.1) is 5.92 Å². The van der Waals surface area contributed by atoms with E-state index >= 15 is 0 Å². The first-order valence-electron chi connectivity index (χ1n) is 7.05. The van der Waals surface area contributed by atoms with E-state index in [4.69, 9.17) is 14.2 Å². The maximum absolute atomic E-state index is 11.8. The molecule has 0 spiro atoms. The van der Waals surface area contributed by atoms with Gasteiger partial charge in [-0.05, 0) is 19.2 Å². The number of carbonyl (C=O) groups is 2. The highest BCUT2D eigenvalue weighted by atomic mass is 16.5. The monoisotopic (exact) mass is 287 g/mol. The normalized spacial score (nSPS) is 11.9. The molecule has 0 aliphatic heterocycles. The summed E-state index contributed by atoms with van der Waals surface area (Å²) in [4.78, 5) is 24.8. The highest BCUT2D eigenvalue weighted by Gasteiger charge is 2.18. The molecule has 0 radical (unpaired) electrons. The van der Waals surface area contributed by atoms with Crippen molar-refractivity contribution in [2.24, 2.45) is 5.92 Å². The molecular weight excluding hydrogens is 261 g/mol. The Morgan fingerprint density at radius 3 is 2.55 bits per heavy atom. The SMILES string of the molecule is BCC(=O)N(CC(=O)OCC)C[C@@H](C)COCCOC.